The molecule has 0 saturated heterocycles. The molecular formula is C7H14K2NO6P. The minimum Gasteiger partial charge on any atom is -0.790 e. The second-order valence-electron chi connectivity index (χ2n) is 3.71. The van der Waals surface area contributed by atoms with Gasteiger partial charge in [-0.05, 0) is 20.8 Å². The van der Waals surface area contributed by atoms with Crippen LogP contribution in [-0.2, 0) is 13.8 Å². The Bertz CT molecular complexity index is 264. The van der Waals surface area contributed by atoms with Gasteiger partial charge in [-0.15, -0.1) is 0 Å². The molecule has 0 spiro atoms. The maximum Gasteiger partial charge on any atom is 1.00 e. The van der Waals surface area contributed by atoms with E-state index in [1.54, 1.807) is 20.8 Å². The fourth-order valence-electron chi connectivity index (χ4n) is 0.625. The monoisotopic (exact) mass is 317 g/mol. The molecule has 0 unspecified atom stereocenters. The quantitative estimate of drug-likeness (QED) is 0.313. The van der Waals surface area contributed by atoms with Gasteiger partial charge < -0.3 is 28.9 Å². The van der Waals surface area contributed by atoms with E-state index >= 15 is 0 Å². The molecule has 0 atom stereocenters. The molecule has 0 rings (SSSR count). The Hall–Kier alpha value is 2.65. The maximum absolute atomic E-state index is 11.0. The van der Waals surface area contributed by atoms with Gasteiger partial charge in [0.05, 0.1) is 14.4 Å². The van der Waals surface area contributed by atoms with Gasteiger partial charge in [0.15, 0.2) is 0 Å². The Morgan fingerprint density at radius 1 is 1.29 bits per heavy atom. The van der Waals surface area contributed by atoms with Crippen molar-refractivity contribution >= 4 is 13.9 Å². The molecule has 0 heterocycles. The molecule has 0 aliphatic carbocycles. The molecule has 10 heteroatoms. The first-order valence-electron chi connectivity index (χ1n) is 4.23. The molecule has 90 valence electrons. The van der Waals surface area contributed by atoms with E-state index in [4.69, 9.17) is 4.74 Å². The SMILES string of the molecule is CC(C)(C)OC(=O)NCCOP(=O)([O-])[O-].[K+].[K+]. The average molecular weight is 317 g/mol. The standard InChI is InChI=1S/C7H16NO6P.2K/c1-7(2,3)14-6(9)8-4-5-13-15(10,11)12;;/h4-5H2,1-3H3,(H,8,9)(H2,10,11,12);;/q;2*+1/p-2. The smallest absolute Gasteiger partial charge is 0.790 e. The number of carbonyl (C=O) groups excluding carboxylic acids is 1. The van der Waals surface area contributed by atoms with Gasteiger partial charge in [-0.25, -0.2) is 4.79 Å². The van der Waals surface area contributed by atoms with Crippen molar-refractivity contribution in [2.24, 2.45) is 0 Å². The molecule has 0 aromatic heterocycles. The molecule has 7 nitrogen and oxygen atoms in total. The predicted octanol–water partition coefficient (Wildman–Crippen LogP) is -6.64. The summed E-state index contributed by atoms with van der Waals surface area (Å²) in [5.41, 5.74) is -0.628. The molecule has 1 amide bonds. The Morgan fingerprint density at radius 2 is 1.76 bits per heavy atom. The molecule has 0 aliphatic rings. The molecule has 0 saturated carbocycles. The molecule has 17 heavy (non-hydrogen) atoms. The minimum absolute atomic E-state index is 0. The Labute approximate surface area is 186 Å². The summed E-state index contributed by atoms with van der Waals surface area (Å²) in [4.78, 5) is 31.0. The van der Waals surface area contributed by atoms with Crippen molar-refractivity contribution < 1.29 is 131 Å². The number of nitrogens with one attached hydrogen (secondary N) is 1. The van der Waals surface area contributed by atoms with Crippen LogP contribution < -0.4 is 118 Å². The second-order valence-corrected chi connectivity index (χ2v) is 4.86. The number of carbonyl (C=O) groups is 1. The van der Waals surface area contributed by atoms with Crippen LogP contribution in [0.3, 0.4) is 0 Å². The van der Waals surface area contributed by atoms with Crippen LogP contribution in [0, 0.1) is 0 Å². The number of hydrogen-bond donors (Lipinski definition) is 1. The molecular weight excluding hydrogens is 303 g/mol. The molecule has 0 aromatic carbocycles. The Morgan fingerprint density at radius 3 is 2.12 bits per heavy atom. The summed E-state index contributed by atoms with van der Waals surface area (Å²) in [6, 6.07) is 0. The van der Waals surface area contributed by atoms with Crippen LogP contribution in [0.4, 0.5) is 4.79 Å². The third kappa shape index (κ3) is 21.1. The van der Waals surface area contributed by atoms with Crippen LogP contribution in [0.1, 0.15) is 20.8 Å². The first kappa shape index (κ1) is 24.7. The first-order valence-corrected chi connectivity index (χ1v) is 5.70. The molecule has 0 fully saturated rings. The summed E-state index contributed by atoms with van der Waals surface area (Å²) in [7, 11) is -4.96. The topological polar surface area (TPSA) is 111 Å². The predicted molar refractivity (Wildman–Crippen MR) is 47.8 cm³/mol. The zero-order valence-corrected chi connectivity index (χ0v) is 18.0. The van der Waals surface area contributed by atoms with Gasteiger partial charge in [0, 0.05) is 6.54 Å². The number of amides is 1. The van der Waals surface area contributed by atoms with Crippen LogP contribution in [0.15, 0.2) is 0 Å². The maximum atomic E-state index is 11.0. The van der Waals surface area contributed by atoms with Gasteiger partial charge in [0.25, 0.3) is 0 Å². The third-order valence-corrected chi connectivity index (χ3v) is 1.52. The number of alkyl carbamates (subject to hydrolysis) is 1. The summed E-state index contributed by atoms with van der Waals surface area (Å²) in [6.45, 7) is 4.55. The number of phosphoric acid groups is 1. The van der Waals surface area contributed by atoms with Gasteiger partial charge in [-0.3, -0.25) is 0 Å². The third-order valence-electron chi connectivity index (χ3n) is 1.02. The summed E-state index contributed by atoms with van der Waals surface area (Å²) in [5.74, 6) is 0. The summed E-state index contributed by atoms with van der Waals surface area (Å²) < 4.78 is 18.7. The minimum atomic E-state index is -4.96. The van der Waals surface area contributed by atoms with Crippen LogP contribution in [0.25, 0.3) is 0 Å². The van der Waals surface area contributed by atoms with Crippen molar-refractivity contribution in [3.05, 3.63) is 0 Å². The van der Waals surface area contributed by atoms with E-state index in [0.717, 1.165) is 0 Å². The van der Waals surface area contributed by atoms with Crippen molar-refractivity contribution in [1.29, 1.82) is 0 Å². The van der Waals surface area contributed by atoms with Gasteiger partial charge in [-0.1, -0.05) is 0 Å². The van der Waals surface area contributed by atoms with E-state index < -0.39 is 26.1 Å². The van der Waals surface area contributed by atoms with Gasteiger partial charge in [0.1, 0.15) is 5.60 Å². The number of phosphoric ester groups is 1. The van der Waals surface area contributed by atoms with E-state index in [2.05, 4.69) is 9.84 Å². The summed E-state index contributed by atoms with van der Waals surface area (Å²) in [5, 5.41) is 2.23. The van der Waals surface area contributed by atoms with Crippen molar-refractivity contribution in [2.45, 2.75) is 26.4 Å². The van der Waals surface area contributed by atoms with E-state index in [1.807, 2.05) is 0 Å². The van der Waals surface area contributed by atoms with Crippen LogP contribution in [0.5, 0.6) is 0 Å². The van der Waals surface area contributed by atoms with E-state index in [0.29, 0.717) is 0 Å². The first-order chi connectivity index (χ1) is 6.60. The van der Waals surface area contributed by atoms with Crippen LogP contribution in [-0.4, -0.2) is 24.8 Å². The fraction of sp³-hybridized carbons (Fsp3) is 0.857. The summed E-state index contributed by atoms with van der Waals surface area (Å²) in [6.07, 6.45) is -0.697. The summed E-state index contributed by atoms with van der Waals surface area (Å²) >= 11 is 0. The van der Waals surface area contributed by atoms with Crippen LogP contribution in [0.2, 0.25) is 0 Å². The van der Waals surface area contributed by atoms with Crippen LogP contribution >= 0.6 is 7.82 Å². The van der Waals surface area contributed by atoms with Gasteiger partial charge in [-0.2, -0.15) is 0 Å². The number of rotatable bonds is 4. The van der Waals surface area contributed by atoms with Crippen molar-refractivity contribution in [3.63, 3.8) is 0 Å². The fourth-order valence-corrected chi connectivity index (χ4v) is 0.940. The molecule has 0 aromatic rings. The molecule has 0 aliphatic heterocycles. The largest absolute Gasteiger partial charge is 1.00 e. The Balaban J connectivity index is -0.000000980. The zero-order chi connectivity index (χ0) is 12.1. The normalized spacial score (nSPS) is 10.9. The van der Waals surface area contributed by atoms with Crippen molar-refractivity contribution in [1.82, 2.24) is 5.32 Å². The van der Waals surface area contributed by atoms with E-state index in [9.17, 15) is 19.1 Å². The Kier molecular flexibility index (Phi) is 16.4. The van der Waals surface area contributed by atoms with Gasteiger partial charge >= 0.3 is 109 Å². The van der Waals surface area contributed by atoms with E-state index in [-0.39, 0.29) is 109 Å². The van der Waals surface area contributed by atoms with Crippen molar-refractivity contribution in [3.8, 4) is 0 Å². The number of hydrogen-bond acceptors (Lipinski definition) is 6. The molecule has 1 N–H and O–H groups in total. The molecule has 0 radical (unpaired) electrons. The molecule has 0 bridgehead atoms. The second kappa shape index (κ2) is 11.3. The van der Waals surface area contributed by atoms with Gasteiger partial charge in [0.2, 0.25) is 0 Å². The average Bonchev–Trinajstić information content (AvgIpc) is 1.92. The zero-order valence-electron chi connectivity index (χ0n) is 10.8. The van der Waals surface area contributed by atoms with Crippen molar-refractivity contribution in [2.75, 3.05) is 13.2 Å². The number of ether oxygens (including phenoxy) is 1. The van der Waals surface area contributed by atoms with E-state index in [1.165, 1.54) is 0 Å².